The highest BCUT2D eigenvalue weighted by molar-refractivity contribution is 8.26. The Kier molecular flexibility index (Phi) is 6.00. The Labute approximate surface area is 197 Å². The van der Waals surface area contributed by atoms with Crippen molar-refractivity contribution >= 4 is 74.9 Å². The molecule has 1 N–H and O–H groups in total. The third-order valence-electron chi connectivity index (χ3n) is 4.77. The van der Waals surface area contributed by atoms with Gasteiger partial charge in [0.05, 0.1) is 33.9 Å². The Balaban J connectivity index is 1.68. The molecule has 0 radical (unpaired) electrons. The smallest absolute Gasteiger partial charge is 0.325 e. The second-order valence-corrected chi connectivity index (χ2v) is 8.67. The fourth-order valence-corrected chi connectivity index (χ4v) is 4.75. The van der Waals surface area contributed by atoms with Gasteiger partial charge in [0.15, 0.2) is 4.32 Å². The van der Waals surface area contributed by atoms with Crippen LogP contribution < -0.4 is 10.3 Å². The molecule has 3 amide bonds. The Morgan fingerprint density at radius 2 is 1.78 bits per heavy atom. The quantitative estimate of drug-likeness (QED) is 0.402. The number of carbonyl (C=O) groups excluding carboxylic acids is 4. The average Bonchev–Trinajstić information content (AvgIpc) is 3.21. The molecule has 8 nitrogen and oxygen atoms in total. The van der Waals surface area contributed by atoms with Crippen LogP contribution in [0.1, 0.15) is 15.9 Å². The van der Waals surface area contributed by atoms with Gasteiger partial charge in [0.25, 0.3) is 17.7 Å². The molecular formula is C21H14ClN3O5S2. The number of anilines is 1. The number of nitrogens with one attached hydrogen (secondary N) is 1. The first-order valence-corrected chi connectivity index (χ1v) is 10.8. The minimum Gasteiger partial charge on any atom is -0.468 e. The fraction of sp³-hybridized carbons (Fsp3) is 0.0952. The van der Waals surface area contributed by atoms with Crippen LogP contribution in [0, 0.1) is 0 Å². The summed E-state index contributed by atoms with van der Waals surface area (Å²) >= 11 is 12.2. The maximum absolute atomic E-state index is 13.2. The van der Waals surface area contributed by atoms with Gasteiger partial charge in [0.2, 0.25) is 0 Å². The highest BCUT2D eigenvalue weighted by Crippen LogP contribution is 2.44. The molecule has 0 atom stereocenters. The topological polar surface area (TPSA) is 96.0 Å². The monoisotopic (exact) mass is 487 g/mol. The summed E-state index contributed by atoms with van der Waals surface area (Å²) in [4.78, 5) is 52.0. The summed E-state index contributed by atoms with van der Waals surface area (Å²) < 4.78 is 4.73. The molecule has 2 heterocycles. The predicted molar refractivity (Wildman–Crippen MR) is 124 cm³/mol. The van der Waals surface area contributed by atoms with Gasteiger partial charge in [-0.2, -0.15) is 5.01 Å². The van der Waals surface area contributed by atoms with Crippen LogP contribution in [-0.2, 0) is 19.1 Å². The number of hydrogen-bond donors (Lipinski definition) is 1. The molecule has 32 heavy (non-hydrogen) atoms. The van der Waals surface area contributed by atoms with Crippen molar-refractivity contribution in [3.05, 3.63) is 69.6 Å². The van der Waals surface area contributed by atoms with Crippen LogP contribution in [0.5, 0.6) is 0 Å². The molecule has 2 aromatic rings. The summed E-state index contributed by atoms with van der Waals surface area (Å²) in [5.41, 5.74) is 3.68. The van der Waals surface area contributed by atoms with E-state index in [9.17, 15) is 19.2 Å². The zero-order valence-electron chi connectivity index (χ0n) is 16.5. The molecule has 0 unspecified atom stereocenters. The van der Waals surface area contributed by atoms with Gasteiger partial charge >= 0.3 is 5.97 Å². The average molecular weight is 488 g/mol. The Hall–Kier alpha value is -3.21. The summed E-state index contributed by atoms with van der Waals surface area (Å²) in [6.45, 7) is -0.306. The Morgan fingerprint density at radius 1 is 1.09 bits per heavy atom. The lowest BCUT2D eigenvalue weighted by atomic mass is 10.1. The number of thioether (sulfide) groups is 1. The first-order chi connectivity index (χ1) is 15.3. The molecule has 2 aromatic carbocycles. The molecule has 0 saturated carbocycles. The van der Waals surface area contributed by atoms with Gasteiger partial charge in [-0.1, -0.05) is 53.7 Å². The van der Waals surface area contributed by atoms with Crippen LogP contribution in [0.15, 0.2) is 53.4 Å². The maximum atomic E-state index is 13.2. The lowest BCUT2D eigenvalue weighted by molar-refractivity contribution is -0.139. The number of amides is 3. The number of thiocarbonyl (C=S) groups is 1. The molecule has 11 heteroatoms. The fourth-order valence-electron chi connectivity index (χ4n) is 3.27. The first-order valence-electron chi connectivity index (χ1n) is 9.17. The molecule has 0 aromatic heterocycles. The van der Waals surface area contributed by atoms with E-state index in [-0.39, 0.29) is 31.9 Å². The minimum atomic E-state index is -0.654. The van der Waals surface area contributed by atoms with Gasteiger partial charge < -0.3 is 4.74 Å². The number of fused-ring (bicyclic) bond motifs is 1. The number of carbonyl (C=O) groups is 4. The van der Waals surface area contributed by atoms with E-state index < -0.39 is 23.7 Å². The van der Waals surface area contributed by atoms with Crippen molar-refractivity contribution in [3.8, 4) is 0 Å². The lowest BCUT2D eigenvalue weighted by Crippen LogP contribution is -2.45. The van der Waals surface area contributed by atoms with E-state index in [1.165, 1.54) is 18.1 Å². The number of para-hydroxylation sites is 1. The Bertz CT molecular complexity index is 1230. The summed E-state index contributed by atoms with van der Waals surface area (Å²) in [5.74, 6) is -2.41. The Morgan fingerprint density at radius 3 is 2.50 bits per heavy atom. The van der Waals surface area contributed by atoms with E-state index in [1.54, 1.807) is 42.5 Å². The van der Waals surface area contributed by atoms with Crippen LogP contribution >= 0.6 is 35.6 Å². The lowest BCUT2D eigenvalue weighted by Gasteiger charge is -2.16. The van der Waals surface area contributed by atoms with Gasteiger partial charge in [-0.3, -0.25) is 29.5 Å². The third kappa shape index (κ3) is 3.77. The zero-order valence-corrected chi connectivity index (χ0v) is 18.8. The third-order valence-corrected chi connectivity index (χ3v) is 6.47. The largest absolute Gasteiger partial charge is 0.468 e. The van der Waals surface area contributed by atoms with Crippen LogP contribution in [0.4, 0.5) is 5.69 Å². The molecule has 1 saturated heterocycles. The van der Waals surface area contributed by atoms with E-state index in [4.69, 9.17) is 23.8 Å². The molecule has 0 bridgehead atoms. The number of hydrazine groups is 1. The van der Waals surface area contributed by atoms with E-state index in [0.717, 1.165) is 16.8 Å². The first kappa shape index (κ1) is 22.0. The second kappa shape index (κ2) is 8.73. The molecule has 0 spiro atoms. The van der Waals surface area contributed by atoms with Gasteiger partial charge in [0, 0.05) is 5.56 Å². The molecule has 2 aliphatic heterocycles. The van der Waals surface area contributed by atoms with Crippen molar-refractivity contribution in [2.24, 2.45) is 0 Å². The SMILES string of the molecule is COC(=O)CN1C(=O)/C(=C2\SC(=S)N(NC(=O)c3ccccc3Cl)C2=O)c2ccccc21. The minimum absolute atomic E-state index is 0.0506. The summed E-state index contributed by atoms with van der Waals surface area (Å²) in [6, 6.07) is 13.1. The van der Waals surface area contributed by atoms with E-state index in [0.29, 0.717) is 11.3 Å². The van der Waals surface area contributed by atoms with E-state index >= 15 is 0 Å². The van der Waals surface area contributed by atoms with Gasteiger partial charge in [-0.05, 0) is 30.4 Å². The van der Waals surface area contributed by atoms with Gasteiger partial charge in [-0.15, -0.1) is 0 Å². The highest BCUT2D eigenvalue weighted by Gasteiger charge is 2.43. The van der Waals surface area contributed by atoms with Crippen LogP contribution in [0.25, 0.3) is 5.57 Å². The molecular weight excluding hydrogens is 474 g/mol. The molecule has 4 rings (SSSR count). The molecule has 0 aliphatic carbocycles. The van der Waals surface area contributed by atoms with Crippen molar-refractivity contribution in [2.45, 2.75) is 0 Å². The zero-order chi connectivity index (χ0) is 23.0. The number of rotatable bonds is 4. The summed E-state index contributed by atoms with van der Waals surface area (Å²) in [6.07, 6.45) is 0. The van der Waals surface area contributed by atoms with Crippen molar-refractivity contribution in [1.29, 1.82) is 0 Å². The standard InChI is InChI=1S/C21H14ClN3O5S2/c1-30-15(26)10-24-14-9-5-3-7-12(14)16(19(24)28)17-20(29)25(21(31)32-17)23-18(27)11-6-2-4-8-13(11)22/h2-9H,10H2,1H3,(H,23,27)/b17-16-. The summed E-state index contributed by atoms with van der Waals surface area (Å²) in [5, 5.41) is 1.12. The van der Waals surface area contributed by atoms with Crippen molar-refractivity contribution in [1.82, 2.24) is 10.4 Å². The summed E-state index contributed by atoms with van der Waals surface area (Å²) in [7, 11) is 1.22. The molecule has 162 valence electrons. The van der Waals surface area contributed by atoms with Crippen molar-refractivity contribution < 1.29 is 23.9 Å². The van der Waals surface area contributed by atoms with Crippen molar-refractivity contribution in [2.75, 3.05) is 18.6 Å². The highest BCUT2D eigenvalue weighted by atomic mass is 35.5. The predicted octanol–water partition coefficient (Wildman–Crippen LogP) is 2.78. The molecule has 2 aliphatic rings. The number of halogens is 1. The molecule has 1 fully saturated rings. The number of methoxy groups -OCH3 is 1. The number of benzene rings is 2. The van der Waals surface area contributed by atoms with Crippen LogP contribution in [-0.4, -0.2) is 46.7 Å². The number of hydrogen-bond acceptors (Lipinski definition) is 7. The number of nitrogens with zero attached hydrogens (tertiary/aromatic N) is 2. The second-order valence-electron chi connectivity index (χ2n) is 6.62. The van der Waals surface area contributed by atoms with E-state index in [2.05, 4.69) is 10.2 Å². The van der Waals surface area contributed by atoms with E-state index in [1.807, 2.05) is 0 Å². The number of ether oxygens (including phenoxy) is 1. The van der Waals surface area contributed by atoms with Gasteiger partial charge in [-0.25, -0.2) is 0 Å². The van der Waals surface area contributed by atoms with Crippen LogP contribution in [0.3, 0.4) is 0 Å². The van der Waals surface area contributed by atoms with Crippen LogP contribution in [0.2, 0.25) is 5.02 Å². The number of esters is 1. The maximum Gasteiger partial charge on any atom is 0.325 e. The van der Waals surface area contributed by atoms with Gasteiger partial charge in [0.1, 0.15) is 6.54 Å². The van der Waals surface area contributed by atoms with Crippen molar-refractivity contribution in [3.63, 3.8) is 0 Å². The normalized spacial score (nSPS) is 17.6.